The highest BCUT2D eigenvalue weighted by atomic mass is 32.1. The molecule has 0 unspecified atom stereocenters. The molecule has 0 fully saturated rings. The fourth-order valence-electron chi connectivity index (χ4n) is 1.72. The Labute approximate surface area is 125 Å². The number of carbonyl (C=O) groups excluding carboxylic acids is 2. The summed E-state index contributed by atoms with van der Waals surface area (Å²) in [6.45, 7) is 1.45. The molecule has 0 aliphatic rings. The Hall–Kier alpha value is -2.21. The molecule has 6 heteroatoms. The van der Waals surface area contributed by atoms with Gasteiger partial charge in [0.2, 0.25) is 0 Å². The summed E-state index contributed by atoms with van der Waals surface area (Å²) in [5, 5.41) is 4.64. The number of thiophene rings is 1. The number of hydrogen-bond acceptors (Lipinski definition) is 4. The lowest BCUT2D eigenvalue weighted by molar-refractivity contribution is -0.124. The number of benzene rings is 1. The van der Waals surface area contributed by atoms with Gasteiger partial charge >= 0.3 is 5.97 Å². The van der Waals surface area contributed by atoms with Crippen LogP contribution >= 0.6 is 11.3 Å². The lowest BCUT2D eigenvalue weighted by Gasteiger charge is -2.12. The summed E-state index contributed by atoms with van der Waals surface area (Å²) in [6, 6.07) is 8.79. The van der Waals surface area contributed by atoms with Crippen molar-refractivity contribution in [2.24, 2.45) is 0 Å². The quantitative estimate of drug-likeness (QED) is 0.864. The highest BCUT2D eigenvalue weighted by Gasteiger charge is 2.13. The van der Waals surface area contributed by atoms with E-state index in [0.29, 0.717) is 0 Å². The van der Waals surface area contributed by atoms with Crippen molar-refractivity contribution in [3.8, 4) is 0 Å². The minimum atomic E-state index is -0.728. The Morgan fingerprint density at radius 2 is 2.14 bits per heavy atom. The monoisotopic (exact) mass is 307 g/mol. The summed E-state index contributed by atoms with van der Waals surface area (Å²) in [4.78, 5) is 24.4. The van der Waals surface area contributed by atoms with E-state index in [2.05, 4.69) is 5.32 Å². The van der Waals surface area contributed by atoms with E-state index in [1.54, 1.807) is 0 Å². The molecule has 0 saturated heterocycles. The molecule has 1 heterocycles. The van der Waals surface area contributed by atoms with Gasteiger partial charge < -0.3 is 10.1 Å². The topological polar surface area (TPSA) is 55.4 Å². The Morgan fingerprint density at radius 1 is 1.33 bits per heavy atom. The lowest BCUT2D eigenvalue weighted by atomic mass is 10.2. The van der Waals surface area contributed by atoms with Gasteiger partial charge in [-0.15, -0.1) is 11.3 Å². The number of halogens is 1. The predicted molar refractivity (Wildman–Crippen MR) is 77.6 cm³/mol. The number of nitrogens with one attached hydrogen (secondary N) is 1. The first-order chi connectivity index (χ1) is 10.1. The first kappa shape index (κ1) is 15.2. The number of hydrogen-bond donors (Lipinski definition) is 1. The second kappa shape index (κ2) is 6.99. The van der Waals surface area contributed by atoms with Crippen molar-refractivity contribution in [2.45, 2.75) is 13.0 Å². The van der Waals surface area contributed by atoms with E-state index in [0.717, 1.165) is 10.9 Å². The van der Waals surface area contributed by atoms with Gasteiger partial charge in [0.15, 0.2) is 6.61 Å². The zero-order chi connectivity index (χ0) is 15.2. The first-order valence-electron chi connectivity index (χ1n) is 6.31. The molecule has 0 bridgehead atoms. The molecule has 0 saturated carbocycles. The van der Waals surface area contributed by atoms with Crippen molar-refractivity contribution in [2.75, 3.05) is 6.61 Å². The van der Waals surface area contributed by atoms with Crippen LogP contribution in [0.4, 0.5) is 4.39 Å². The van der Waals surface area contributed by atoms with Crippen molar-refractivity contribution in [3.63, 3.8) is 0 Å². The summed E-state index contributed by atoms with van der Waals surface area (Å²) in [5.41, 5.74) is 0.0779. The standard InChI is InChI=1S/C15H14FNO3S/c1-10(13-6-3-7-21-13)17-14(18)9-20-15(19)11-4-2-5-12(16)8-11/h2-8,10H,9H2,1H3,(H,17,18)/t10-/m1/s1. The van der Waals surface area contributed by atoms with E-state index in [9.17, 15) is 14.0 Å². The molecule has 0 aliphatic carbocycles. The molecule has 1 aromatic heterocycles. The van der Waals surface area contributed by atoms with Crippen molar-refractivity contribution < 1.29 is 18.7 Å². The largest absolute Gasteiger partial charge is 0.452 e. The van der Waals surface area contributed by atoms with Gasteiger partial charge in [-0.1, -0.05) is 12.1 Å². The third-order valence-corrected chi connectivity index (χ3v) is 3.80. The van der Waals surface area contributed by atoms with Crippen molar-refractivity contribution >= 4 is 23.2 Å². The Morgan fingerprint density at radius 3 is 2.81 bits per heavy atom. The maximum absolute atomic E-state index is 13.0. The summed E-state index contributed by atoms with van der Waals surface area (Å²) >= 11 is 1.53. The number of amides is 1. The first-order valence-corrected chi connectivity index (χ1v) is 7.19. The molecule has 1 aromatic carbocycles. The van der Waals surface area contributed by atoms with E-state index in [1.165, 1.54) is 29.5 Å². The van der Waals surface area contributed by atoms with Crippen LogP contribution in [0.2, 0.25) is 0 Å². The molecule has 21 heavy (non-hydrogen) atoms. The Bertz CT molecular complexity index is 628. The molecule has 4 nitrogen and oxygen atoms in total. The molecule has 2 rings (SSSR count). The van der Waals surface area contributed by atoms with Crippen molar-refractivity contribution in [3.05, 3.63) is 58.0 Å². The van der Waals surface area contributed by atoms with Gasteiger partial charge in [-0.3, -0.25) is 4.79 Å². The van der Waals surface area contributed by atoms with Crippen LogP contribution in [0, 0.1) is 5.82 Å². The van der Waals surface area contributed by atoms with E-state index in [-0.39, 0.29) is 11.6 Å². The lowest BCUT2D eigenvalue weighted by Crippen LogP contribution is -2.30. The molecule has 2 aromatic rings. The normalized spacial score (nSPS) is 11.7. The third-order valence-electron chi connectivity index (χ3n) is 2.74. The molecular weight excluding hydrogens is 293 g/mol. The molecule has 110 valence electrons. The van der Waals surface area contributed by atoms with Gasteiger partial charge in [0.25, 0.3) is 5.91 Å². The van der Waals surface area contributed by atoms with Gasteiger partial charge in [-0.2, -0.15) is 0 Å². The van der Waals surface area contributed by atoms with Crippen LogP contribution in [0.1, 0.15) is 28.2 Å². The maximum Gasteiger partial charge on any atom is 0.338 e. The van der Waals surface area contributed by atoms with E-state index < -0.39 is 24.3 Å². The molecule has 1 N–H and O–H groups in total. The van der Waals surface area contributed by atoms with Crippen LogP contribution in [-0.4, -0.2) is 18.5 Å². The SMILES string of the molecule is C[C@@H](NC(=O)COC(=O)c1cccc(F)c1)c1cccs1. The van der Waals surface area contributed by atoms with Crippen molar-refractivity contribution in [1.29, 1.82) is 0 Å². The summed E-state index contributed by atoms with van der Waals surface area (Å²) in [6.07, 6.45) is 0. The van der Waals surface area contributed by atoms with Crippen LogP contribution < -0.4 is 5.32 Å². The molecule has 1 atom stereocenters. The van der Waals surface area contributed by atoms with Crippen LogP contribution in [0.5, 0.6) is 0 Å². The molecular formula is C15H14FNO3S. The average molecular weight is 307 g/mol. The van der Waals surface area contributed by atoms with Crippen molar-refractivity contribution in [1.82, 2.24) is 5.32 Å². The molecule has 0 radical (unpaired) electrons. The zero-order valence-electron chi connectivity index (χ0n) is 11.3. The van der Waals surface area contributed by atoms with E-state index in [4.69, 9.17) is 4.74 Å². The van der Waals surface area contributed by atoms with Crippen LogP contribution in [-0.2, 0) is 9.53 Å². The van der Waals surface area contributed by atoms with Gasteiger partial charge in [0.1, 0.15) is 5.82 Å². The third kappa shape index (κ3) is 4.39. The van der Waals surface area contributed by atoms with E-state index in [1.807, 2.05) is 24.4 Å². The zero-order valence-corrected chi connectivity index (χ0v) is 12.2. The Kier molecular flexibility index (Phi) is 5.05. The number of carbonyl (C=O) groups is 2. The Balaban J connectivity index is 1.82. The molecule has 0 spiro atoms. The number of esters is 1. The fraction of sp³-hybridized carbons (Fsp3) is 0.200. The van der Waals surface area contributed by atoms with Crippen LogP contribution in [0.3, 0.4) is 0 Å². The number of ether oxygens (including phenoxy) is 1. The predicted octanol–water partition coefficient (Wildman–Crippen LogP) is 2.92. The van der Waals surface area contributed by atoms with Gasteiger partial charge in [-0.25, -0.2) is 9.18 Å². The average Bonchev–Trinajstić information content (AvgIpc) is 2.99. The van der Waals surface area contributed by atoms with Gasteiger partial charge in [0.05, 0.1) is 11.6 Å². The minimum absolute atomic E-state index is 0.0779. The molecule has 0 aliphatic heterocycles. The highest BCUT2D eigenvalue weighted by Crippen LogP contribution is 2.17. The summed E-state index contributed by atoms with van der Waals surface area (Å²) < 4.78 is 17.8. The van der Waals surface area contributed by atoms with Gasteiger partial charge in [-0.05, 0) is 36.6 Å². The second-order valence-electron chi connectivity index (χ2n) is 4.39. The maximum atomic E-state index is 13.0. The highest BCUT2D eigenvalue weighted by molar-refractivity contribution is 7.10. The summed E-state index contributed by atoms with van der Waals surface area (Å²) in [5.74, 6) is -1.66. The molecule has 1 amide bonds. The number of rotatable bonds is 5. The smallest absolute Gasteiger partial charge is 0.338 e. The minimum Gasteiger partial charge on any atom is -0.452 e. The van der Waals surface area contributed by atoms with Gasteiger partial charge in [0, 0.05) is 4.88 Å². The summed E-state index contributed by atoms with van der Waals surface area (Å²) in [7, 11) is 0. The second-order valence-corrected chi connectivity index (χ2v) is 5.37. The fourth-order valence-corrected chi connectivity index (χ4v) is 2.46. The van der Waals surface area contributed by atoms with Crippen LogP contribution in [0.25, 0.3) is 0 Å². The van der Waals surface area contributed by atoms with E-state index >= 15 is 0 Å². The van der Waals surface area contributed by atoms with Crippen LogP contribution in [0.15, 0.2) is 41.8 Å².